The predicted molar refractivity (Wildman–Crippen MR) is 82.3 cm³/mol. The molecule has 114 valence electrons. The Labute approximate surface area is 125 Å². The molecule has 0 aliphatic carbocycles. The van der Waals surface area contributed by atoms with Gasteiger partial charge in [-0.05, 0) is 37.0 Å². The minimum atomic E-state index is -0.824. The van der Waals surface area contributed by atoms with E-state index in [1.165, 1.54) is 5.56 Å². The van der Waals surface area contributed by atoms with Crippen molar-refractivity contribution in [1.82, 2.24) is 0 Å². The maximum Gasteiger partial charge on any atom is 0.308 e. The molecule has 2 rings (SSSR count). The first-order valence-corrected chi connectivity index (χ1v) is 7.59. The van der Waals surface area contributed by atoms with Crippen LogP contribution in [-0.4, -0.2) is 23.0 Å². The molecular weight excluding hydrogens is 266 g/mol. The summed E-state index contributed by atoms with van der Waals surface area (Å²) in [5.74, 6) is -1.45. The van der Waals surface area contributed by atoms with Gasteiger partial charge in [0.25, 0.3) is 0 Å². The van der Waals surface area contributed by atoms with Gasteiger partial charge in [0.15, 0.2) is 0 Å². The van der Waals surface area contributed by atoms with E-state index in [1.807, 2.05) is 38.1 Å². The van der Waals surface area contributed by atoms with E-state index >= 15 is 0 Å². The van der Waals surface area contributed by atoms with Crippen molar-refractivity contribution in [2.45, 2.75) is 46.1 Å². The molecule has 0 saturated carbocycles. The van der Waals surface area contributed by atoms with E-state index in [0.29, 0.717) is 0 Å². The van der Waals surface area contributed by atoms with Gasteiger partial charge >= 0.3 is 5.97 Å². The van der Waals surface area contributed by atoms with Gasteiger partial charge in [0.2, 0.25) is 5.91 Å². The number of hydrogen-bond donors (Lipinski definition) is 1. The molecular formula is C17H23NO3. The largest absolute Gasteiger partial charge is 0.481 e. The summed E-state index contributed by atoms with van der Waals surface area (Å²) in [5.41, 5.74) is 2.03. The first-order chi connectivity index (χ1) is 9.95. The molecule has 1 aromatic carbocycles. The molecule has 1 saturated heterocycles. The fraction of sp³-hybridized carbons (Fsp3) is 0.529. The number of amides is 1. The van der Waals surface area contributed by atoms with Crippen LogP contribution in [-0.2, 0) is 16.0 Å². The third-order valence-corrected chi connectivity index (χ3v) is 4.34. The van der Waals surface area contributed by atoms with E-state index in [-0.39, 0.29) is 24.3 Å². The molecule has 0 aromatic heterocycles. The summed E-state index contributed by atoms with van der Waals surface area (Å²) in [6.45, 7) is 5.80. The van der Waals surface area contributed by atoms with Crippen LogP contribution >= 0.6 is 0 Å². The van der Waals surface area contributed by atoms with Gasteiger partial charge in [-0.25, -0.2) is 0 Å². The van der Waals surface area contributed by atoms with Crippen molar-refractivity contribution in [1.29, 1.82) is 0 Å². The highest BCUT2D eigenvalue weighted by Crippen LogP contribution is 2.33. The van der Waals surface area contributed by atoms with Gasteiger partial charge in [0.1, 0.15) is 0 Å². The number of aliphatic carboxylic acids is 1. The molecule has 0 spiro atoms. The minimum absolute atomic E-state index is 0.00995. The van der Waals surface area contributed by atoms with Crippen LogP contribution in [0.2, 0.25) is 0 Å². The summed E-state index contributed by atoms with van der Waals surface area (Å²) in [6.07, 6.45) is 2.38. The Bertz CT molecular complexity index is 523. The lowest BCUT2D eigenvalue weighted by Gasteiger charge is -2.40. The van der Waals surface area contributed by atoms with Crippen LogP contribution in [0.15, 0.2) is 24.3 Å². The van der Waals surface area contributed by atoms with Crippen molar-refractivity contribution in [2.75, 3.05) is 4.90 Å². The van der Waals surface area contributed by atoms with Crippen molar-refractivity contribution >= 4 is 17.6 Å². The molecule has 0 bridgehead atoms. The van der Waals surface area contributed by atoms with Gasteiger partial charge in [-0.15, -0.1) is 0 Å². The summed E-state index contributed by atoms with van der Waals surface area (Å²) in [6, 6.07) is 7.57. The molecule has 0 radical (unpaired) electrons. The zero-order chi connectivity index (χ0) is 15.6. The van der Waals surface area contributed by atoms with Gasteiger partial charge in [-0.3, -0.25) is 9.59 Å². The Morgan fingerprint density at radius 1 is 1.29 bits per heavy atom. The summed E-state index contributed by atoms with van der Waals surface area (Å²) in [4.78, 5) is 25.4. The van der Waals surface area contributed by atoms with Crippen LogP contribution in [0.4, 0.5) is 5.69 Å². The van der Waals surface area contributed by atoms with Gasteiger partial charge in [0, 0.05) is 18.2 Å². The second-order valence-corrected chi connectivity index (χ2v) is 5.97. The number of carbonyl (C=O) groups is 2. The first kappa shape index (κ1) is 15.5. The Morgan fingerprint density at radius 3 is 2.43 bits per heavy atom. The lowest BCUT2D eigenvalue weighted by atomic mass is 9.80. The summed E-state index contributed by atoms with van der Waals surface area (Å²) < 4.78 is 0. The van der Waals surface area contributed by atoms with Crippen LogP contribution in [0.1, 0.15) is 39.2 Å². The van der Waals surface area contributed by atoms with Crippen LogP contribution in [0.5, 0.6) is 0 Å². The average molecular weight is 289 g/mol. The Kier molecular flexibility index (Phi) is 4.66. The third kappa shape index (κ3) is 3.09. The molecule has 21 heavy (non-hydrogen) atoms. The zero-order valence-electron chi connectivity index (χ0n) is 12.9. The SMILES string of the molecule is CCCc1ccc(N2C(=O)CC(C)C(C(=O)O)C2C)cc1. The Hall–Kier alpha value is -1.84. The maximum absolute atomic E-state index is 12.3. The highest BCUT2D eigenvalue weighted by atomic mass is 16.4. The molecule has 1 aliphatic heterocycles. The monoisotopic (exact) mass is 289 g/mol. The van der Waals surface area contributed by atoms with E-state index in [1.54, 1.807) is 4.90 Å². The number of anilines is 1. The summed E-state index contributed by atoms with van der Waals surface area (Å²) in [5, 5.41) is 9.41. The maximum atomic E-state index is 12.3. The van der Waals surface area contributed by atoms with Gasteiger partial charge in [-0.2, -0.15) is 0 Å². The molecule has 1 heterocycles. The van der Waals surface area contributed by atoms with Gasteiger partial charge in [0.05, 0.1) is 5.92 Å². The molecule has 4 heteroatoms. The van der Waals surface area contributed by atoms with Crippen molar-refractivity contribution in [3.63, 3.8) is 0 Å². The van der Waals surface area contributed by atoms with Gasteiger partial charge in [-0.1, -0.05) is 32.4 Å². The molecule has 4 nitrogen and oxygen atoms in total. The smallest absolute Gasteiger partial charge is 0.308 e. The number of carboxylic acid groups (broad SMARTS) is 1. The number of carboxylic acids is 1. The van der Waals surface area contributed by atoms with Crippen molar-refractivity contribution in [3.05, 3.63) is 29.8 Å². The molecule has 1 fully saturated rings. The number of benzene rings is 1. The lowest BCUT2D eigenvalue weighted by Crippen LogP contribution is -2.53. The highest BCUT2D eigenvalue weighted by molar-refractivity contribution is 5.96. The predicted octanol–water partition coefficient (Wildman–Crippen LogP) is 3.10. The number of rotatable bonds is 4. The third-order valence-electron chi connectivity index (χ3n) is 4.34. The minimum Gasteiger partial charge on any atom is -0.481 e. The normalized spacial score (nSPS) is 26.0. The number of nitrogens with zero attached hydrogens (tertiary/aromatic N) is 1. The molecule has 1 N–H and O–H groups in total. The highest BCUT2D eigenvalue weighted by Gasteiger charge is 2.42. The molecule has 1 amide bonds. The fourth-order valence-electron chi connectivity index (χ4n) is 3.30. The van der Waals surface area contributed by atoms with E-state index < -0.39 is 11.9 Å². The van der Waals surface area contributed by atoms with E-state index in [4.69, 9.17) is 0 Å². The topological polar surface area (TPSA) is 57.6 Å². The van der Waals surface area contributed by atoms with E-state index in [2.05, 4.69) is 6.92 Å². The Balaban J connectivity index is 2.28. The molecule has 1 aliphatic rings. The quantitative estimate of drug-likeness (QED) is 0.926. The molecule has 3 atom stereocenters. The summed E-state index contributed by atoms with van der Waals surface area (Å²) >= 11 is 0. The lowest BCUT2D eigenvalue weighted by molar-refractivity contribution is -0.146. The summed E-state index contributed by atoms with van der Waals surface area (Å²) in [7, 11) is 0. The van der Waals surface area contributed by atoms with E-state index in [9.17, 15) is 14.7 Å². The number of aryl methyl sites for hydroxylation is 1. The van der Waals surface area contributed by atoms with Crippen molar-refractivity contribution in [3.8, 4) is 0 Å². The number of hydrogen-bond acceptors (Lipinski definition) is 2. The van der Waals surface area contributed by atoms with Crippen LogP contribution in [0.25, 0.3) is 0 Å². The van der Waals surface area contributed by atoms with Crippen LogP contribution in [0, 0.1) is 11.8 Å². The average Bonchev–Trinajstić information content (AvgIpc) is 2.40. The standard InChI is InChI=1S/C17H23NO3/c1-4-5-13-6-8-14(9-7-13)18-12(3)16(17(20)21)11(2)10-15(18)19/h6-9,11-12,16H,4-5,10H2,1-3H3,(H,20,21). The first-order valence-electron chi connectivity index (χ1n) is 7.59. The fourth-order valence-corrected chi connectivity index (χ4v) is 3.30. The molecule has 3 unspecified atom stereocenters. The zero-order valence-corrected chi connectivity index (χ0v) is 12.9. The number of carbonyl (C=O) groups excluding carboxylic acids is 1. The van der Waals surface area contributed by atoms with Gasteiger partial charge < -0.3 is 10.0 Å². The Morgan fingerprint density at radius 2 is 1.90 bits per heavy atom. The van der Waals surface area contributed by atoms with Crippen molar-refractivity contribution in [2.24, 2.45) is 11.8 Å². The molecule has 1 aromatic rings. The number of piperidine rings is 1. The second-order valence-electron chi connectivity index (χ2n) is 5.97. The van der Waals surface area contributed by atoms with Crippen LogP contribution in [0.3, 0.4) is 0 Å². The van der Waals surface area contributed by atoms with E-state index in [0.717, 1.165) is 18.5 Å². The van der Waals surface area contributed by atoms with Crippen LogP contribution < -0.4 is 4.90 Å². The second kappa shape index (κ2) is 6.29. The van der Waals surface area contributed by atoms with Crippen molar-refractivity contribution < 1.29 is 14.7 Å².